The van der Waals surface area contributed by atoms with Gasteiger partial charge < -0.3 is 8.98 Å². The highest BCUT2D eigenvalue weighted by molar-refractivity contribution is 6.35. The molecule has 0 spiro atoms. The second kappa shape index (κ2) is 5.96. The van der Waals surface area contributed by atoms with Crippen LogP contribution >= 0.6 is 23.2 Å². The summed E-state index contributed by atoms with van der Waals surface area (Å²) in [6.07, 6.45) is 0. The molecule has 2 heterocycles. The van der Waals surface area contributed by atoms with Gasteiger partial charge in [-0.2, -0.15) is 0 Å². The number of halogens is 2. The van der Waals surface area contributed by atoms with E-state index in [9.17, 15) is 0 Å². The topological polar surface area (TPSA) is 43.9 Å². The molecule has 4 aromatic rings. The molecular formula is C18H13Cl2N3O. The standard InChI is InChI=1S/C18H13Cl2N3O/c1-11-21-22-18(24-11)17-8-12-4-2-3-5-16(12)23(17)10-13-6-7-14(19)9-15(13)20/h2-9H,10H2,1H3. The zero-order valence-corrected chi connectivity index (χ0v) is 14.3. The van der Waals surface area contributed by atoms with E-state index in [1.807, 2.05) is 30.3 Å². The predicted octanol–water partition coefficient (Wildman–Crippen LogP) is 5.35. The maximum atomic E-state index is 6.35. The maximum absolute atomic E-state index is 6.35. The minimum Gasteiger partial charge on any atom is -0.420 e. The second-order valence-electron chi connectivity index (χ2n) is 5.54. The lowest BCUT2D eigenvalue weighted by atomic mass is 10.2. The van der Waals surface area contributed by atoms with Gasteiger partial charge in [-0.25, -0.2) is 0 Å². The SMILES string of the molecule is Cc1nnc(-c2cc3ccccc3n2Cc2ccc(Cl)cc2Cl)o1. The number of aromatic nitrogens is 3. The molecule has 0 atom stereocenters. The fourth-order valence-corrected chi connectivity index (χ4v) is 3.25. The van der Waals surface area contributed by atoms with Crippen molar-refractivity contribution in [2.24, 2.45) is 0 Å². The first-order chi connectivity index (χ1) is 11.6. The molecule has 0 aliphatic rings. The van der Waals surface area contributed by atoms with Crippen molar-refractivity contribution in [3.63, 3.8) is 0 Å². The number of hydrogen-bond donors (Lipinski definition) is 0. The first-order valence-electron chi connectivity index (χ1n) is 7.44. The molecule has 2 aromatic heterocycles. The molecule has 0 bridgehead atoms. The molecule has 120 valence electrons. The number of para-hydroxylation sites is 1. The van der Waals surface area contributed by atoms with E-state index < -0.39 is 0 Å². The third kappa shape index (κ3) is 2.68. The Hall–Kier alpha value is -2.30. The van der Waals surface area contributed by atoms with Crippen molar-refractivity contribution >= 4 is 34.1 Å². The zero-order chi connectivity index (χ0) is 16.7. The van der Waals surface area contributed by atoms with Crippen molar-refractivity contribution in [3.8, 4) is 11.6 Å². The van der Waals surface area contributed by atoms with Crippen LogP contribution in [-0.4, -0.2) is 14.8 Å². The van der Waals surface area contributed by atoms with E-state index >= 15 is 0 Å². The van der Waals surface area contributed by atoms with Crippen LogP contribution in [-0.2, 0) is 6.54 Å². The van der Waals surface area contributed by atoms with E-state index in [2.05, 4.69) is 26.9 Å². The van der Waals surface area contributed by atoms with Crippen LogP contribution in [0.5, 0.6) is 0 Å². The van der Waals surface area contributed by atoms with Crippen molar-refractivity contribution in [3.05, 3.63) is 70.0 Å². The largest absolute Gasteiger partial charge is 0.420 e. The molecule has 6 heteroatoms. The normalized spacial score (nSPS) is 11.3. The Labute approximate surface area is 148 Å². The first kappa shape index (κ1) is 15.2. The van der Waals surface area contributed by atoms with Gasteiger partial charge in [-0.1, -0.05) is 47.5 Å². The number of aryl methyl sites for hydroxylation is 1. The molecule has 0 N–H and O–H groups in total. The molecule has 0 saturated carbocycles. The number of hydrogen-bond acceptors (Lipinski definition) is 3. The van der Waals surface area contributed by atoms with E-state index in [-0.39, 0.29) is 0 Å². The molecule has 24 heavy (non-hydrogen) atoms. The molecule has 0 unspecified atom stereocenters. The van der Waals surface area contributed by atoms with Crippen LogP contribution in [0, 0.1) is 6.92 Å². The van der Waals surface area contributed by atoms with Crippen LogP contribution in [0.15, 0.2) is 52.9 Å². The Kier molecular flexibility index (Phi) is 3.79. The summed E-state index contributed by atoms with van der Waals surface area (Å²) in [7, 11) is 0. The number of rotatable bonds is 3. The third-order valence-corrected chi connectivity index (χ3v) is 4.49. The highest BCUT2D eigenvalue weighted by atomic mass is 35.5. The third-order valence-electron chi connectivity index (χ3n) is 3.90. The highest BCUT2D eigenvalue weighted by Gasteiger charge is 2.16. The summed E-state index contributed by atoms with van der Waals surface area (Å²) in [4.78, 5) is 0. The minimum absolute atomic E-state index is 0.494. The Morgan fingerprint density at radius 3 is 2.62 bits per heavy atom. The van der Waals surface area contributed by atoms with E-state index in [0.717, 1.165) is 22.2 Å². The van der Waals surface area contributed by atoms with Gasteiger partial charge in [0.2, 0.25) is 5.89 Å². The van der Waals surface area contributed by atoms with Crippen LogP contribution in [0.2, 0.25) is 10.0 Å². The van der Waals surface area contributed by atoms with Crippen LogP contribution in [0.1, 0.15) is 11.5 Å². The Balaban J connectivity index is 1.89. The minimum atomic E-state index is 0.494. The van der Waals surface area contributed by atoms with E-state index in [0.29, 0.717) is 28.4 Å². The summed E-state index contributed by atoms with van der Waals surface area (Å²) in [6.45, 7) is 2.36. The van der Waals surface area contributed by atoms with Crippen molar-refractivity contribution in [2.75, 3.05) is 0 Å². The lowest BCUT2D eigenvalue weighted by molar-refractivity contribution is 0.528. The summed E-state index contributed by atoms with van der Waals surface area (Å²) in [5.41, 5.74) is 2.91. The van der Waals surface area contributed by atoms with Gasteiger partial charge in [0.1, 0.15) is 5.69 Å². The summed E-state index contributed by atoms with van der Waals surface area (Å²) in [5, 5.41) is 10.5. The maximum Gasteiger partial charge on any atom is 0.264 e. The summed E-state index contributed by atoms with van der Waals surface area (Å²) in [5.74, 6) is 1.03. The fourth-order valence-electron chi connectivity index (χ4n) is 2.78. The smallest absolute Gasteiger partial charge is 0.264 e. The molecule has 2 aromatic carbocycles. The van der Waals surface area contributed by atoms with E-state index in [4.69, 9.17) is 27.6 Å². The predicted molar refractivity (Wildman–Crippen MR) is 95.5 cm³/mol. The van der Waals surface area contributed by atoms with E-state index in [1.54, 1.807) is 13.0 Å². The number of benzene rings is 2. The average Bonchev–Trinajstić information content (AvgIpc) is 3.14. The van der Waals surface area contributed by atoms with Crippen molar-refractivity contribution in [2.45, 2.75) is 13.5 Å². The van der Waals surface area contributed by atoms with Gasteiger partial charge in [0.05, 0.1) is 0 Å². The molecule has 0 amide bonds. The van der Waals surface area contributed by atoms with Gasteiger partial charge in [-0.05, 0) is 29.8 Å². The van der Waals surface area contributed by atoms with Crippen LogP contribution in [0.4, 0.5) is 0 Å². The quantitative estimate of drug-likeness (QED) is 0.496. The molecule has 0 radical (unpaired) electrons. The van der Waals surface area contributed by atoms with Crippen molar-refractivity contribution < 1.29 is 4.42 Å². The van der Waals surface area contributed by atoms with Crippen LogP contribution in [0.25, 0.3) is 22.5 Å². The Morgan fingerprint density at radius 1 is 1.04 bits per heavy atom. The molecule has 0 fully saturated rings. The lowest BCUT2D eigenvalue weighted by Gasteiger charge is -2.10. The van der Waals surface area contributed by atoms with Crippen LogP contribution in [0.3, 0.4) is 0 Å². The van der Waals surface area contributed by atoms with Gasteiger partial charge in [0.25, 0.3) is 5.89 Å². The average molecular weight is 358 g/mol. The van der Waals surface area contributed by atoms with Crippen molar-refractivity contribution in [1.29, 1.82) is 0 Å². The molecule has 0 saturated heterocycles. The molecule has 0 aliphatic carbocycles. The van der Waals surface area contributed by atoms with Gasteiger partial charge in [0, 0.05) is 34.4 Å². The molecular weight excluding hydrogens is 345 g/mol. The van der Waals surface area contributed by atoms with Gasteiger partial charge in [-0.3, -0.25) is 0 Å². The summed E-state index contributed by atoms with van der Waals surface area (Å²) >= 11 is 12.4. The zero-order valence-electron chi connectivity index (χ0n) is 12.8. The Bertz CT molecular complexity index is 1040. The summed E-state index contributed by atoms with van der Waals surface area (Å²) < 4.78 is 7.75. The van der Waals surface area contributed by atoms with Gasteiger partial charge in [-0.15, -0.1) is 10.2 Å². The monoisotopic (exact) mass is 357 g/mol. The number of nitrogens with zero attached hydrogens (tertiary/aromatic N) is 3. The van der Waals surface area contributed by atoms with Crippen LogP contribution < -0.4 is 0 Å². The fraction of sp³-hybridized carbons (Fsp3) is 0.111. The summed E-state index contributed by atoms with van der Waals surface area (Å²) in [6, 6.07) is 15.7. The molecule has 0 aliphatic heterocycles. The highest BCUT2D eigenvalue weighted by Crippen LogP contribution is 2.30. The van der Waals surface area contributed by atoms with Gasteiger partial charge >= 0.3 is 0 Å². The van der Waals surface area contributed by atoms with Crippen molar-refractivity contribution in [1.82, 2.24) is 14.8 Å². The van der Waals surface area contributed by atoms with E-state index in [1.165, 1.54) is 0 Å². The first-order valence-corrected chi connectivity index (χ1v) is 8.20. The lowest BCUT2D eigenvalue weighted by Crippen LogP contribution is -2.02. The molecule has 4 nitrogen and oxygen atoms in total. The Morgan fingerprint density at radius 2 is 1.88 bits per heavy atom. The number of fused-ring (bicyclic) bond motifs is 1. The second-order valence-corrected chi connectivity index (χ2v) is 6.38. The molecule has 4 rings (SSSR count). The van der Waals surface area contributed by atoms with Gasteiger partial charge in [0.15, 0.2) is 0 Å².